The molecule has 3 N–H and O–H groups in total. The molecule has 0 atom stereocenters. The number of amides is 3. The number of anilines is 1. The van der Waals surface area contributed by atoms with Gasteiger partial charge in [-0.3, -0.25) is 4.79 Å². The van der Waals surface area contributed by atoms with Gasteiger partial charge >= 0.3 is 6.03 Å². The van der Waals surface area contributed by atoms with Gasteiger partial charge in [0.05, 0.1) is 0 Å². The van der Waals surface area contributed by atoms with Crippen LogP contribution in [0.15, 0.2) is 24.3 Å². The van der Waals surface area contributed by atoms with Gasteiger partial charge in [0.1, 0.15) is 0 Å². The fraction of sp³-hybridized carbons (Fsp3) is 0.529. The number of hydrogen-bond donors (Lipinski definition) is 3. The molecule has 1 saturated carbocycles. The summed E-state index contributed by atoms with van der Waals surface area (Å²) in [6.07, 6.45) is 6.33. The maximum Gasteiger partial charge on any atom is 0.315 e. The van der Waals surface area contributed by atoms with Gasteiger partial charge in [-0.05, 0) is 36.5 Å². The third-order valence-corrected chi connectivity index (χ3v) is 3.98. The lowest BCUT2D eigenvalue weighted by molar-refractivity contribution is -0.114. The first-order valence-electron chi connectivity index (χ1n) is 8.02. The molecule has 0 spiro atoms. The Morgan fingerprint density at radius 3 is 2.64 bits per heavy atom. The minimum atomic E-state index is -0.129. The summed E-state index contributed by atoms with van der Waals surface area (Å²) in [5, 5.41) is 8.54. The van der Waals surface area contributed by atoms with Crippen LogP contribution in [0.2, 0.25) is 0 Å². The molecule has 1 aliphatic rings. The number of rotatable bonds is 5. The number of benzene rings is 1. The van der Waals surface area contributed by atoms with Crippen molar-refractivity contribution in [2.24, 2.45) is 5.92 Å². The van der Waals surface area contributed by atoms with Crippen molar-refractivity contribution in [3.05, 3.63) is 29.8 Å². The summed E-state index contributed by atoms with van der Waals surface area (Å²) < 4.78 is 0. The van der Waals surface area contributed by atoms with E-state index in [0.29, 0.717) is 12.5 Å². The van der Waals surface area contributed by atoms with Crippen molar-refractivity contribution in [3.63, 3.8) is 0 Å². The summed E-state index contributed by atoms with van der Waals surface area (Å²) >= 11 is 0. The van der Waals surface area contributed by atoms with Gasteiger partial charge < -0.3 is 16.0 Å². The first-order valence-corrected chi connectivity index (χ1v) is 8.02. The van der Waals surface area contributed by atoms with E-state index in [0.717, 1.165) is 17.8 Å². The molecule has 1 aromatic rings. The predicted molar refractivity (Wildman–Crippen MR) is 87.6 cm³/mol. The SMILES string of the molecule is CC(=O)Nc1cccc(CNC(=O)NCC2CCCCC2)c1. The summed E-state index contributed by atoms with van der Waals surface area (Å²) in [6.45, 7) is 2.69. The highest BCUT2D eigenvalue weighted by atomic mass is 16.2. The van der Waals surface area contributed by atoms with E-state index in [1.165, 1.54) is 39.0 Å². The normalized spacial score (nSPS) is 15.1. The second-order valence-electron chi connectivity index (χ2n) is 5.95. The molecule has 1 fully saturated rings. The molecule has 1 aromatic carbocycles. The zero-order valence-corrected chi connectivity index (χ0v) is 13.2. The molecule has 5 heteroatoms. The monoisotopic (exact) mass is 303 g/mol. The highest BCUT2D eigenvalue weighted by molar-refractivity contribution is 5.88. The van der Waals surface area contributed by atoms with Crippen LogP contribution in [0, 0.1) is 5.92 Å². The van der Waals surface area contributed by atoms with Crippen molar-refractivity contribution in [2.45, 2.75) is 45.6 Å². The van der Waals surface area contributed by atoms with Crippen LogP contribution in [0.3, 0.4) is 0 Å². The highest BCUT2D eigenvalue weighted by Gasteiger charge is 2.13. The van der Waals surface area contributed by atoms with Crippen LogP contribution in [0.1, 0.15) is 44.6 Å². The number of carbonyl (C=O) groups excluding carboxylic acids is 2. The molecule has 0 radical (unpaired) electrons. The van der Waals surface area contributed by atoms with E-state index in [9.17, 15) is 9.59 Å². The summed E-state index contributed by atoms with van der Waals surface area (Å²) in [7, 11) is 0. The average Bonchev–Trinajstić information content (AvgIpc) is 2.52. The molecular weight excluding hydrogens is 278 g/mol. The lowest BCUT2D eigenvalue weighted by Gasteiger charge is -2.21. The van der Waals surface area contributed by atoms with Crippen LogP contribution in [-0.4, -0.2) is 18.5 Å². The van der Waals surface area contributed by atoms with Gasteiger partial charge in [-0.1, -0.05) is 31.4 Å². The third-order valence-electron chi connectivity index (χ3n) is 3.98. The molecule has 2 rings (SSSR count). The van der Waals surface area contributed by atoms with Crippen LogP contribution in [-0.2, 0) is 11.3 Å². The fourth-order valence-electron chi connectivity index (χ4n) is 2.84. The van der Waals surface area contributed by atoms with Crippen molar-refractivity contribution in [1.82, 2.24) is 10.6 Å². The summed E-state index contributed by atoms with van der Waals surface area (Å²) in [5.74, 6) is 0.526. The smallest absolute Gasteiger partial charge is 0.315 e. The van der Waals surface area contributed by atoms with Crippen molar-refractivity contribution in [1.29, 1.82) is 0 Å². The van der Waals surface area contributed by atoms with Gasteiger partial charge in [0, 0.05) is 25.7 Å². The Morgan fingerprint density at radius 2 is 1.91 bits per heavy atom. The minimum absolute atomic E-state index is 0.102. The van der Waals surface area contributed by atoms with E-state index in [-0.39, 0.29) is 11.9 Å². The van der Waals surface area contributed by atoms with Gasteiger partial charge in [0.25, 0.3) is 0 Å². The van der Waals surface area contributed by atoms with Gasteiger partial charge in [-0.2, -0.15) is 0 Å². The zero-order valence-electron chi connectivity index (χ0n) is 13.2. The maximum atomic E-state index is 11.8. The molecular formula is C17H25N3O2. The maximum absolute atomic E-state index is 11.8. The van der Waals surface area contributed by atoms with Gasteiger partial charge in [-0.25, -0.2) is 4.79 Å². The first kappa shape index (κ1) is 16.3. The minimum Gasteiger partial charge on any atom is -0.338 e. The number of urea groups is 1. The molecule has 5 nitrogen and oxygen atoms in total. The molecule has 0 aromatic heterocycles. The molecule has 22 heavy (non-hydrogen) atoms. The summed E-state index contributed by atoms with van der Waals surface area (Å²) in [6, 6.07) is 7.35. The highest BCUT2D eigenvalue weighted by Crippen LogP contribution is 2.22. The quantitative estimate of drug-likeness (QED) is 0.782. The Kier molecular flexibility index (Phi) is 6.25. The lowest BCUT2D eigenvalue weighted by Crippen LogP contribution is -2.38. The molecule has 120 valence electrons. The Hall–Kier alpha value is -2.04. The van der Waals surface area contributed by atoms with E-state index in [2.05, 4.69) is 16.0 Å². The topological polar surface area (TPSA) is 70.2 Å². The number of carbonyl (C=O) groups is 2. The summed E-state index contributed by atoms with van der Waals surface area (Å²) in [5.41, 5.74) is 1.70. The molecule has 1 aliphatic carbocycles. The molecule has 0 heterocycles. The van der Waals surface area contributed by atoms with E-state index in [4.69, 9.17) is 0 Å². The van der Waals surface area contributed by atoms with Crippen LogP contribution in [0.25, 0.3) is 0 Å². The van der Waals surface area contributed by atoms with E-state index in [1.807, 2.05) is 24.3 Å². The molecule has 0 unspecified atom stereocenters. The molecule has 0 bridgehead atoms. The average molecular weight is 303 g/mol. The second-order valence-corrected chi connectivity index (χ2v) is 5.95. The largest absolute Gasteiger partial charge is 0.338 e. The molecule has 0 aliphatic heterocycles. The predicted octanol–water partition coefficient (Wildman–Crippen LogP) is 3.02. The van der Waals surface area contributed by atoms with Gasteiger partial charge in [-0.15, -0.1) is 0 Å². The van der Waals surface area contributed by atoms with Crippen LogP contribution in [0.4, 0.5) is 10.5 Å². The van der Waals surface area contributed by atoms with Crippen LogP contribution in [0.5, 0.6) is 0 Å². The second kappa shape index (κ2) is 8.41. The van der Waals surface area contributed by atoms with Crippen molar-refractivity contribution in [2.75, 3.05) is 11.9 Å². The van der Waals surface area contributed by atoms with E-state index in [1.54, 1.807) is 0 Å². The van der Waals surface area contributed by atoms with Crippen molar-refractivity contribution < 1.29 is 9.59 Å². The van der Waals surface area contributed by atoms with E-state index < -0.39 is 0 Å². The Bertz CT molecular complexity index is 510. The Labute approximate surface area is 131 Å². The standard InChI is InChI=1S/C17H25N3O2/c1-13(21)20-16-9-5-8-15(10-16)12-19-17(22)18-11-14-6-3-2-4-7-14/h5,8-10,14H,2-4,6-7,11-12H2,1H3,(H,20,21)(H2,18,19,22). The lowest BCUT2D eigenvalue weighted by atomic mass is 9.89. The molecule has 0 saturated heterocycles. The van der Waals surface area contributed by atoms with E-state index >= 15 is 0 Å². The fourth-order valence-corrected chi connectivity index (χ4v) is 2.84. The molecule has 3 amide bonds. The third kappa shape index (κ3) is 5.76. The zero-order chi connectivity index (χ0) is 15.8. The van der Waals surface area contributed by atoms with Gasteiger partial charge in [0.15, 0.2) is 0 Å². The van der Waals surface area contributed by atoms with Crippen LogP contribution >= 0.6 is 0 Å². The Balaban J connectivity index is 1.72. The van der Waals surface area contributed by atoms with Crippen molar-refractivity contribution in [3.8, 4) is 0 Å². The van der Waals surface area contributed by atoms with Crippen LogP contribution < -0.4 is 16.0 Å². The van der Waals surface area contributed by atoms with Gasteiger partial charge in [0.2, 0.25) is 5.91 Å². The summed E-state index contributed by atoms with van der Waals surface area (Å²) in [4.78, 5) is 22.9. The number of hydrogen-bond acceptors (Lipinski definition) is 2. The number of nitrogens with one attached hydrogen (secondary N) is 3. The first-order chi connectivity index (χ1) is 10.6. The Morgan fingerprint density at radius 1 is 1.14 bits per heavy atom. The van der Waals surface area contributed by atoms with Crippen molar-refractivity contribution >= 4 is 17.6 Å².